The van der Waals surface area contributed by atoms with Crippen LogP contribution < -0.4 is 5.73 Å². The van der Waals surface area contributed by atoms with E-state index < -0.39 is 10.8 Å². The highest BCUT2D eigenvalue weighted by atomic mass is 32.2. The first-order valence-corrected chi connectivity index (χ1v) is 6.67. The molecule has 14 heavy (non-hydrogen) atoms. The van der Waals surface area contributed by atoms with Gasteiger partial charge in [-0.3, -0.25) is 4.21 Å². The highest BCUT2D eigenvalue weighted by molar-refractivity contribution is 7.85. The van der Waals surface area contributed by atoms with Gasteiger partial charge in [0.2, 0.25) is 0 Å². The Morgan fingerprint density at radius 2 is 2.29 bits per heavy atom. The molecule has 0 spiro atoms. The summed E-state index contributed by atoms with van der Waals surface area (Å²) in [5.41, 5.74) is 5.64. The normalized spacial score (nSPS) is 32.5. The molecule has 1 aliphatic carbocycles. The van der Waals surface area contributed by atoms with Crippen molar-refractivity contribution in [2.45, 2.75) is 50.0 Å². The lowest BCUT2D eigenvalue weighted by molar-refractivity contribution is 0.0725. The molecule has 0 aromatic rings. The zero-order valence-corrected chi connectivity index (χ0v) is 9.89. The van der Waals surface area contributed by atoms with E-state index in [9.17, 15) is 4.21 Å². The minimum atomic E-state index is -0.764. The predicted molar refractivity (Wildman–Crippen MR) is 59.7 cm³/mol. The molecule has 1 rings (SSSR count). The molecule has 0 aliphatic heterocycles. The van der Waals surface area contributed by atoms with E-state index >= 15 is 0 Å². The Kier molecular flexibility index (Phi) is 5.06. The van der Waals surface area contributed by atoms with Crippen molar-refractivity contribution in [3.05, 3.63) is 0 Å². The lowest BCUT2D eigenvalue weighted by Gasteiger charge is -2.27. The lowest BCUT2D eigenvalue weighted by Crippen LogP contribution is -2.33. The maximum absolute atomic E-state index is 11.8. The van der Waals surface area contributed by atoms with Crippen molar-refractivity contribution >= 4 is 10.8 Å². The summed E-state index contributed by atoms with van der Waals surface area (Å²) in [6, 6.07) is 0.0405. The number of nitrogens with two attached hydrogens (primary N) is 1. The third-order valence-electron chi connectivity index (χ3n) is 2.71. The summed E-state index contributed by atoms with van der Waals surface area (Å²) in [6.07, 6.45) is 4.57. The van der Waals surface area contributed by atoms with E-state index in [1.54, 1.807) is 7.11 Å². The van der Waals surface area contributed by atoms with E-state index in [1.807, 2.05) is 6.92 Å². The topological polar surface area (TPSA) is 52.3 Å². The van der Waals surface area contributed by atoms with Crippen molar-refractivity contribution in [1.82, 2.24) is 0 Å². The Labute approximate surface area is 88.8 Å². The van der Waals surface area contributed by atoms with Gasteiger partial charge in [0, 0.05) is 35.0 Å². The van der Waals surface area contributed by atoms with Gasteiger partial charge in [0.05, 0.1) is 6.10 Å². The SMILES string of the molecule is COC1CCCC(S(=O)CC(C)N)C1. The number of rotatable bonds is 4. The van der Waals surface area contributed by atoms with Gasteiger partial charge in [0.25, 0.3) is 0 Å². The summed E-state index contributed by atoms with van der Waals surface area (Å²) in [6.45, 7) is 1.91. The van der Waals surface area contributed by atoms with Crippen molar-refractivity contribution in [3.8, 4) is 0 Å². The Morgan fingerprint density at radius 1 is 1.57 bits per heavy atom. The standard InChI is InChI=1S/C10H21NO2S/c1-8(11)7-14(12)10-5-3-4-9(6-10)13-2/h8-10H,3-7,11H2,1-2H3. The van der Waals surface area contributed by atoms with E-state index in [0.29, 0.717) is 17.1 Å². The molecule has 84 valence electrons. The van der Waals surface area contributed by atoms with Gasteiger partial charge in [-0.25, -0.2) is 0 Å². The molecule has 4 heteroatoms. The largest absolute Gasteiger partial charge is 0.381 e. The van der Waals surface area contributed by atoms with Crippen LogP contribution in [0.3, 0.4) is 0 Å². The van der Waals surface area contributed by atoms with Crippen LogP contribution in [-0.2, 0) is 15.5 Å². The van der Waals surface area contributed by atoms with Gasteiger partial charge in [0.15, 0.2) is 0 Å². The molecule has 4 unspecified atom stereocenters. The second-order valence-electron chi connectivity index (χ2n) is 4.17. The minimum Gasteiger partial charge on any atom is -0.381 e. The Bertz CT molecular complexity index is 197. The molecule has 2 N–H and O–H groups in total. The molecule has 0 radical (unpaired) electrons. The van der Waals surface area contributed by atoms with Gasteiger partial charge in [-0.15, -0.1) is 0 Å². The maximum atomic E-state index is 11.8. The van der Waals surface area contributed by atoms with Crippen LogP contribution in [0, 0.1) is 0 Å². The van der Waals surface area contributed by atoms with Gasteiger partial charge in [0.1, 0.15) is 0 Å². The first-order chi connectivity index (χ1) is 6.63. The van der Waals surface area contributed by atoms with Crippen LogP contribution in [0.1, 0.15) is 32.6 Å². The predicted octanol–water partition coefficient (Wildman–Crippen LogP) is 1.04. The van der Waals surface area contributed by atoms with Crippen LogP contribution in [0.5, 0.6) is 0 Å². The second-order valence-corrected chi connectivity index (χ2v) is 5.93. The maximum Gasteiger partial charge on any atom is 0.0582 e. The van der Waals surface area contributed by atoms with E-state index in [1.165, 1.54) is 0 Å². The molecule has 0 amide bonds. The van der Waals surface area contributed by atoms with Crippen molar-refractivity contribution in [1.29, 1.82) is 0 Å². The van der Waals surface area contributed by atoms with Crippen LogP contribution >= 0.6 is 0 Å². The number of hydrogen-bond donors (Lipinski definition) is 1. The molecule has 0 saturated heterocycles. The smallest absolute Gasteiger partial charge is 0.0582 e. The fourth-order valence-corrected chi connectivity index (χ4v) is 3.60. The van der Waals surface area contributed by atoms with Gasteiger partial charge >= 0.3 is 0 Å². The molecular formula is C10H21NO2S. The van der Waals surface area contributed by atoms with Gasteiger partial charge < -0.3 is 10.5 Å². The molecule has 1 fully saturated rings. The first kappa shape index (κ1) is 12.1. The summed E-state index contributed by atoms with van der Waals surface area (Å²) >= 11 is 0. The summed E-state index contributed by atoms with van der Waals surface area (Å²) in [5.74, 6) is 0.626. The van der Waals surface area contributed by atoms with Crippen molar-refractivity contribution < 1.29 is 8.95 Å². The van der Waals surface area contributed by atoms with E-state index in [-0.39, 0.29) is 6.04 Å². The molecule has 0 aromatic heterocycles. The third kappa shape index (κ3) is 3.67. The molecule has 1 aliphatic rings. The fraction of sp³-hybridized carbons (Fsp3) is 1.00. The van der Waals surface area contributed by atoms with Crippen LogP contribution in [-0.4, -0.2) is 34.5 Å². The lowest BCUT2D eigenvalue weighted by atomic mass is 9.97. The Morgan fingerprint density at radius 3 is 2.86 bits per heavy atom. The number of hydrogen-bond acceptors (Lipinski definition) is 3. The monoisotopic (exact) mass is 219 g/mol. The molecule has 0 aromatic carbocycles. The van der Waals surface area contributed by atoms with Crippen LogP contribution in [0.2, 0.25) is 0 Å². The molecule has 0 bridgehead atoms. The zero-order valence-electron chi connectivity index (χ0n) is 9.07. The second kappa shape index (κ2) is 5.83. The molecule has 3 nitrogen and oxygen atoms in total. The van der Waals surface area contributed by atoms with Crippen molar-refractivity contribution in [2.75, 3.05) is 12.9 Å². The van der Waals surface area contributed by atoms with E-state index in [2.05, 4.69) is 0 Å². The summed E-state index contributed by atoms with van der Waals surface area (Å²) in [4.78, 5) is 0. The highest BCUT2D eigenvalue weighted by Gasteiger charge is 2.26. The van der Waals surface area contributed by atoms with Crippen LogP contribution in [0.15, 0.2) is 0 Å². The zero-order chi connectivity index (χ0) is 10.6. The average Bonchev–Trinajstić information content (AvgIpc) is 2.17. The first-order valence-electron chi connectivity index (χ1n) is 5.29. The van der Waals surface area contributed by atoms with E-state index in [0.717, 1.165) is 25.7 Å². The van der Waals surface area contributed by atoms with Crippen LogP contribution in [0.25, 0.3) is 0 Å². The summed E-state index contributed by atoms with van der Waals surface area (Å²) in [5, 5.41) is 0.305. The van der Waals surface area contributed by atoms with Gasteiger partial charge in [-0.1, -0.05) is 0 Å². The molecule has 1 saturated carbocycles. The average molecular weight is 219 g/mol. The Hall–Kier alpha value is 0.0700. The third-order valence-corrected chi connectivity index (χ3v) is 4.74. The summed E-state index contributed by atoms with van der Waals surface area (Å²) in [7, 11) is 0.974. The van der Waals surface area contributed by atoms with Crippen molar-refractivity contribution in [3.63, 3.8) is 0 Å². The van der Waals surface area contributed by atoms with Gasteiger partial charge in [-0.05, 0) is 32.6 Å². The molecule has 4 atom stereocenters. The minimum absolute atomic E-state index is 0.0405. The molecule has 0 heterocycles. The van der Waals surface area contributed by atoms with Crippen molar-refractivity contribution in [2.24, 2.45) is 5.73 Å². The van der Waals surface area contributed by atoms with Crippen LogP contribution in [0.4, 0.5) is 0 Å². The van der Waals surface area contributed by atoms with Gasteiger partial charge in [-0.2, -0.15) is 0 Å². The Balaban J connectivity index is 2.39. The fourth-order valence-electron chi connectivity index (χ4n) is 1.95. The quantitative estimate of drug-likeness (QED) is 0.768. The molecular weight excluding hydrogens is 198 g/mol. The van der Waals surface area contributed by atoms with E-state index in [4.69, 9.17) is 10.5 Å². The highest BCUT2D eigenvalue weighted by Crippen LogP contribution is 2.24. The summed E-state index contributed by atoms with van der Waals surface area (Å²) < 4.78 is 17.2. The number of methoxy groups -OCH3 is 1. The number of ether oxygens (including phenoxy) is 1.